The minimum absolute atomic E-state index is 0.116. The summed E-state index contributed by atoms with van der Waals surface area (Å²) in [5.41, 5.74) is 0. The van der Waals surface area contributed by atoms with Gasteiger partial charge >= 0.3 is 0 Å². The monoisotopic (exact) mass is 128 g/mol. The van der Waals surface area contributed by atoms with Crippen LogP contribution in [0.4, 0.5) is 4.39 Å². The Kier molecular flexibility index (Phi) is 3.44. The summed E-state index contributed by atoms with van der Waals surface area (Å²) in [7, 11) is 1.38. The first-order chi connectivity index (χ1) is 4.22. The molecule has 0 saturated carbocycles. The summed E-state index contributed by atoms with van der Waals surface area (Å²) < 4.78 is 16.7. The molecule has 0 aromatic heterocycles. The van der Waals surface area contributed by atoms with E-state index in [1.165, 1.54) is 19.3 Å². The number of methoxy groups -OCH3 is 1. The molecule has 2 heteroatoms. The molecule has 1 nitrogen and oxygen atoms in total. The van der Waals surface area contributed by atoms with Gasteiger partial charge in [0.25, 0.3) is 0 Å². The van der Waals surface area contributed by atoms with E-state index in [1.807, 2.05) is 0 Å². The molecule has 0 aliphatic carbocycles. The summed E-state index contributed by atoms with van der Waals surface area (Å²) in [4.78, 5) is 0. The third kappa shape index (κ3) is 2.69. The average Bonchev–Trinajstić information content (AvgIpc) is 1.82. The Bertz CT molecular complexity index is 147. The van der Waals surface area contributed by atoms with Gasteiger partial charge in [-0.15, -0.1) is 0 Å². The van der Waals surface area contributed by atoms with Crippen molar-refractivity contribution in [2.75, 3.05) is 7.11 Å². The van der Waals surface area contributed by atoms with Gasteiger partial charge in [-0.2, -0.15) is 0 Å². The van der Waals surface area contributed by atoms with Gasteiger partial charge in [-0.25, -0.2) is 4.39 Å². The fraction of sp³-hybridized carbons (Fsp3) is 0.143. The van der Waals surface area contributed by atoms with E-state index < -0.39 is 5.83 Å². The van der Waals surface area contributed by atoms with Crippen LogP contribution in [0.25, 0.3) is 0 Å². The highest BCUT2D eigenvalue weighted by Crippen LogP contribution is 2.08. The second-order valence-electron chi connectivity index (χ2n) is 1.38. The predicted octanol–water partition coefficient (Wildman–Crippen LogP) is 2.19. The van der Waals surface area contributed by atoms with Crippen LogP contribution in [0.3, 0.4) is 0 Å². The lowest BCUT2D eigenvalue weighted by atomic mass is 10.4. The molecule has 0 radical (unpaired) electrons. The van der Waals surface area contributed by atoms with E-state index in [9.17, 15) is 4.39 Å². The van der Waals surface area contributed by atoms with Gasteiger partial charge in [0.05, 0.1) is 7.11 Å². The van der Waals surface area contributed by atoms with E-state index in [2.05, 4.69) is 17.9 Å². The van der Waals surface area contributed by atoms with Crippen LogP contribution in [0, 0.1) is 0 Å². The van der Waals surface area contributed by atoms with Gasteiger partial charge in [-0.3, -0.25) is 0 Å². The standard InChI is InChI=1S/C7H9FO/c1-4-5-7(9-3)6(2)8/h4-5H,1-2H2,3H3/b7-5-. The first-order valence-corrected chi connectivity index (χ1v) is 2.44. The molecular weight excluding hydrogens is 119 g/mol. The lowest BCUT2D eigenvalue weighted by molar-refractivity contribution is 0.284. The zero-order chi connectivity index (χ0) is 7.28. The van der Waals surface area contributed by atoms with E-state index in [0.717, 1.165) is 0 Å². The minimum Gasteiger partial charge on any atom is -0.494 e. The summed E-state index contributed by atoms with van der Waals surface area (Å²) in [5.74, 6) is -0.470. The highest BCUT2D eigenvalue weighted by molar-refractivity contribution is 5.19. The third-order valence-corrected chi connectivity index (χ3v) is 0.757. The van der Waals surface area contributed by atoms with Crippen molar-refractivity contribution in [1.82, 2.24) is 0 Å². The summed E-state index contributed by atoms with van der Waals surface area (Å²) in [6.07, 6.45) is 2.84. The lowest BCUT2D eigenvalue weighted by Crippen LogP contribution is -1.83. The van der Waals surface area contributed by atoms with Gasteiger partial charge in [-0.05, 0) is 6.08 Å². The summed E-state index contributed by atoms with van der Waals surface area (Å²) >= 11 is 0. The molecule has 0 heterocycles. The highest BCUT2D eigenvalue weighted by atomic mass is 19.1. The van der Waals surface area contributed by atoms with Crippen molar-refractivity contribution in [1.29, 1.82) is 0 Å². The van der Waals surface area contributed by atoms with Gasteiger partial charge < -0.3 is 4.74 Å². The van der Waals surface area contributed by atoms with E-state index in [4.69, 9.17) is 0 Å². The molecule has 0 atom stereocenters. The van der Waals surface area contributed by atoms with Crippen molar-refractivity contribution < 1.29 is 9.13 Å². The molecule has 0 N–H and O–H groups in total. The number of hydrogen-bond acceptors (Lipinski definition) is 1. The molecule has 0 aromatic carbocycles. The molecule has 0 aromatic rings. The van der Waals surface area contributed by atoms with Gasteiger partial charge in [0.15, 0.2) is 11.6 Å². The second-order valence-corrected chi connectivity index (χ2v) is 1.38. The van der Waals surface area contributed by atoms with Crippen molar-refractivity contribution in [3.63, 3.8) is 0 Å². The van der Waals surface area contributed by atoms with Crippen molar-refractivity contribution in [3.05, 3.63) is 36.9 Å². The van der Waals surface area contributed by atoms with Crippen molar-refractivity contribution in [2.24, 2.45) is 0 Å². The van der Waals surface area contributed by atoms with E-state index >= 15 is 0 Å². The molecular formula is C7H9FO. The van der Waals surface area contributed by atoms with Crippen LogP contribution in [0.15, 0.2) is 36.9 Å². The Morgan fingerprint density at radius 1 is 1.67 bits per heavy atom. The number of halogens is 1. The van der Waals surface area contributed by atoms with Crippen molar-refractivity contribution >= 4 is 0 Å². The van der Waals surface area contributed by atoms with E-state index in [1.54, 1.807) is 0 Å². The molecule has 0 amide bonds. The molecule has 0 fully saturated rings. The summed E-state index contributed by atoms with van der Waals surface area (Å²) in [6.45, 7) is 6.40. The topological polar surface area (TPSA) is 9.23 Å². The molecule has 0 aliphatic rings. The van der Waals surface area contributed by atoms with Crippen LogP contribution in [-0.2, 0) is 4.74 Å². The Hall–Kier alpha value is -1.05. The Morgan fingerprint density at radius 2 is 2.22 bits per heavy atom. The summed E-state index contributed by atoms with van der Waals surface area (Å²) in [6, 6.07) is 0. The van der Waals surface area contributed by atoms with Crippen LogP contribution in [0.2, 0.25) is 0 Å². The maximum absolute atomic E-state index is 12.1. The molecule has 0 bridgehead atoms. The second kappa shape index (κ2) is 3.89. The fourth-order valence-electron chi connectivity index (χ4n) is 0.376. The SMILES string of the molecule is C=C/C=C(\OC)C(=C)F. The van der Waals surface area contributed by atoms with Crippen molar-refractivity contribution in [3.8, 4) is 0 Å². The maximum atomic E-state index is 12.1. The number of rotatable bonds is 3. The van der Waals surface area contributed by atoms with Crippen molar-refractivity contribution in [2.45, 2.75) is 0 Å². The molecule has 0 rings (SSSR count). The largest absolute Gasteiger partial charge is 0.494 e. The average molecular weight is 128 g/mol. The zero-order valence-corrected chi connectivity index (χ0v) is 5.36. The fourth-order valence-corrected chi connectivity index (χ4v) is 0.376. The van der Waals surface area contributed by atoms with Crippen LogP contribution in [0.1, 0.15) is 0 Å². The van der Waals surface area contributed by atoms with E-state index in [0.29, 0.717) is 0 Å². The number of hydrogen-bond donors (Lipinski definition) is 0. The van der Waals surface area contributed by atoms with E-state index in [-0.39, 0.29) is 5.76 Å². The molecule has 50 valence electrons. The van der Waals surface area contributed by atoms with Gasteiger partial charge in [0, 0.05) is 0 Å². The van der Waals surface area contributed by atoms with Crippen LogP contribution in [0.5, 0.6) is 0 Å². The van der Waals surface area contributed by atoms with Crippen LogP contribution in [-0.4, -0.2) is 7.11 Å². The molecule has 0 unspecified atom stereocenters. The summed E-state index contributed by atoms with van der Waals surface area (Å²) in [5, 5.41) is 0. The zero-order valence-electron chi connectivity index (χ0n) is 5.36. The highest BCUT2D eigenvalue weighted by Gasteiger charge is 1.96. The molecule has 9 heavy (non-hydrogen) atoms. The first kappa shape index (κ1) is 7.95. The Morgan fingerprint density at radius 3 is 2.33 bits per heavy atom. The van der Waals surface area contributed by atoms with Gasteiger partial charge in [0.2, 0.25) is 0 Å². The lowest BCUT2D eigenvalue weighted by Gasteiger charge is -1.98. The quantitative estimate of drug-likeness (QED) is 0.418. The first-order valence-electron chi connectivity index (χ1n) is 2.44. The Labute approximate surface area is 54.1 Å². The number of ether oxygens (including phenoxy) is 1. The minimum atomic E-state index is -0.586. The molecule has 0 spiro atoms. The van der Waals surface area contributed by atoms with Gasteiger partial charge in [0.1, 0.15) is 0 Å². The Balaban J connectivity index is 4.14. The van der Waals surface area contributed by atoms with Crippen LogP contribution >= 0.6 is 0 Å². The van der Waals surface area contributed by atoms with Crippen LogP contribution < -0.4 is 0 Å². The normalized spacial score (nSPS) is 10.7. The smallest absolute Gasteiger partial charge is 0.157 e. The molecule has 0 aliphatic heterocycles. The van der Waals surface area contributed by atoms with Gasteiger partial charge in [-0.1, -0.05) is 19.2 Å². The predicted molar refractivity (Wildman–Crippen MR) is 35.5 cm³/mol. The third-order valence-electron chi connectivity index (χ3n) is 0.757. The molecule has 0 saturated heterocycles. The number of allylic oxidation sites excluding steroid dienone is 3. The maximum Gasteiger partial charge on any atom is 0.157 e.